The van der Waals surface area contributed by atoms with E-state index >= 15 is 0 Å². The Morgan fingerprint density at radius 3 is 2.50 bits per heavy atom. The van der Waals surface area contributed by atoms with Crippen LogP contribution in [0.2, 0.25) is 0 Å². The molecule has 8 heteroatoms. The summed E-state index contributed by atoms with van der Waals surface area (Å²) in [7, 11) is 0. The highest BCUT2D eigenvalue weighted by Gasteiger charge is 2.16. The van der Waals surface area contributed by atoms with E-state index in [0.717, 1.165) is 5.56 Å². The van der Waals surface area contributed by atoms with Crippen molar-refractivity contribution in [3.63, 3.8) is 0 Å². The molecule has 7 nitrogen and oxygen atoms in total. The highest BCUT2D eigenvalue weighted by molar-refractivity contribution is 7.17. The summed E-state index contributed by atoms with van der Waals surface area (Å²) in [5, 5.41) is 4.46. The first kappa shape index (κ1) is 21.5. The quantitative estimate of drug-likeness (QED) is 0.440. The number of hydrogen-bond acceptors (Lipinski definition) is 5. The number of ketones is 1. The Labute approximate surface area is 187 Å². The van der Waals surface area contributed by atoms with Crippen molar-refractivity contribution in [3.05, 3.63) is 98.0 Å². The van der Waals surface area contributed by atoms with E-state index in [1.54, 1.807) is 35.7 Å². The largest absolute Gasteiger partial charge is 0.332 e. The van der Waals surface area contributed by atoms with Gasteiger partial charge in [-0.05, 0) is 42.5 Å². The summed E-state index contributed by atoms with van der Waals surface area (Å²) >= 11 is 1.25. The van der Waals surface area contributed by atoms with Crippen molar-refractivity contribution in [1.82, 2.24) is 9.13 Å². The lowest BCUT2D eigenvalue weighted by atomic mass is 10.1. The molecule has 0 fully saturated rings. The summed E-state index contributed by atoms with van der Waals surface area (Å²) in [6.45, 7) is 1.42. The van der Waals surface area contributed by atoms with Crippen molar-refractivity contribution in [2.45, 2.75) is 26.4 Å². The van der Waals surface area contributed by atoms with Gasteiger partial charge in [0.2, 0.25) is 5.91 Å². The van der Waals surface area contributed by atoms with Gasteiger partial charge in [-0.15, -0.1) is 11.3 Å². The van der Waals surface area contributed by atoms with Gasteiger partial charge in [-0.3, -0.25) is 23.5 Å². The van der Waals surface area contributed by atoms with E-state index in [1.165, 1.54) is 27.4 Å². The lowest BCUT2D eigenvalue weighted by Crippen LogP contribution is -2.41. The number of benzene rings is 2. The van der Waals surface area contributed by atoms with Crippen LogP contribution in [-0.4, -0.2) is 20.8 Å². The fraction of sp³-hybridized carbons (Fsp3) is 0.167. The van der Waals surface area contributed by atoms with Gasteiger partial charge in [-0.25, -0.2) is 4.79 Å². The number of amides is 1. The number of anilines is 1. The number of aryl methyl sites for hydroxylation is 1. The molecule has 0 saturated heterocycles. The standard InChI is InChI=1S/C24H21N3O4S/c1-16(28)18-8-5-9-19(14-18)25-21(29)15-27-20-11-13-32-22(20)23(30)26(24(27)31)12-10-17-6-3-2-4-7-17/h2-9,11,13-14H,10,12,15H2,1H3,(H,25,29). The summed E-state index contributed by atoms with van der Waals surface area (Å²) in [6, 6.07) is 17.9. The first-order chi connectivity index (χ1) is 15.4. The molecule has 4 rings (SSSR count). The van der Waals surface area contributed by atoms with Gasteiger partial charge in [0.15, 0.2) is 5.78 Å². The van der Waals surface area contributed by atoms with Crippen LogP contribution in [0.25, 0.3) is 10.2 Å². The van der Waals surface area contributed by atoms with Crippen molar-refractivity contribution in [2.24, 2.45) is 0 Å². The second-order valence-corrected chi connectivity index (χ2v) is 8.30. The molecule has 0 radical (unpaired) electrons. The fourth-order valence-electron chi connectivity index (χ4n) is 3.53. The Bertz CT molecular complexity index is 1420. The predicted molar refractivity (Wildman–Crippen MR) is 126 cm³/mol. The summed E-state index contributed by atoms with van der Waals surface area (Å²) < 4.78 is 2.95. The van der Waals surface area contributed by atoms with Gasteiger partial charge >= 0.3 is 5.69 Å². The molecule has 0 saturated carbocycles. The SMILES string of the molecule is CC(=O)c1cccc(NC(=O)Cn2c(=O)n(CCc3ccccc3)c(=O)c3sccc32)c1. The molecule has 0 aliphatic carbocycles. The third-order valence-electron chi connectivity index (χ3n) is 5.16. The van der Waals surface area contributed by atoms with Gasteiger partial charge in [0.05, 0.1) is 5.52 Å². The molecule has 32 heavy (non-hydrogen) atoms. The molecule has 1 amide bonds. The smallest absolute Gasteiger partial charge is 0.325 e. The Morgan fingerprint density at radius 1 is 0.969 bits per heavy atom. The minimum Gasteiger partial charge on any atom is -0.325 e. The minimum atomic E-state index is -0.524. The number of thiophene rings is 1. The molecule has 0 aliphatic heterocycles. The molecular weight excluding hydrogens is 426 g/mol. The van der Waals surface area contributed by atoms with Crippen LogP contribution < -0.4 is 16.6 Å². The molecular formula is C24H21N3O4S. The fourth-order valence-corrected chi connectivity index (χ4v) is 4.37. The molecule has 0 spiro atoms. The van der Waals surface area contributed by atoms with E-state index in [-0.39, 0.29) is 24.4 Å². The summed E-state index contributed by atoms with van der Waals surface area (Å²) in [5.74, 6) is -0.531. The number of nitrogens with one attached hydrogen (secondary N) is 1. The Morgan fingerprint density at radius 2 is 1.75 bits per heavy atom. The van der Waals surface area contributed by atoms with Crippen LogP contribution >= 0.6 is 11.3 Å². The lowest BCUT2D eigenvalue weighted by molar-refractivity contribution is -0.116. The average molecular weight is 448 g/mol. The van der Waals surface area contributed by atoms with E-state index in [1.807, 2.05) is 30.3 Å². The lowest BCUT2D eigenvalue weighted by Gasteiger charge is -2.13. The van der Waals surface area contributed by atoms with Crippen LogP contribution in [0.15, 0.2) is 75.6 Å². The van der Waals surface area contributed by atoms with Gasteiger partial charge in [-0.2, -0.15) is 0 Å². The van der Waals surface area contributed by atoms with E-state index < -0.39 is 11.6 Å². The number of carbonyl (C=O) groups is 2. The third-order valence-corrected chi connectivity index (χ3v) is 6.05. The van der Waals surface area contributed by atoms with Gasteiger partial charge in [0, 0.05) is 17.8 Å². The maximum atomic E-state index is 13.2. The summed E-state index contributed by atoms with van der Waals surface area (Å²) in [5.41, 5.74) is 1.53. The molecule has 2 aromatic heterocycles. The predicted octanol–water partition coefficient (Wildman–Crippen LogP) is 3.31. The van der Waals surface area contributed by atoms with Crippen molar-refractivity contribution in [1.29, 1.82) is 0 Å². The summed E-state index contributed by atoms with van der Waals surface area (Å²) in [6.07, 6.45) is 0.525. The first-order valence-electron chi connectivity index (χ1n) is 10.1. The molecule has 0 aliphatic rings. The molecule has 0 bridgehead atoms. The average Bonchev–Trinajstić information content (AvgIpc) is 3.27. The van der Waals surface area contributed by atoms with Gasteiger partial charge in [0.25, 0.3) is 5.56 Å². The highest BCUT2D eigenvalue weighted by Crippen LogP contribution is 2.16. The van der Waals surface area contributed by atoms with Crippen LogP contribution in [-0.2, 0) is 24.3 Å². The third kappa shape index (κ3) is 4.45. The maximum Gasteiger partial charge on any atom is 0.332 e. The van der Waals surface area contributed by atoms with Crippen molar-refractivity contribution in [3.8, 4) is 0 Å². The van der Waals surface area contributed by atoms with Crippen LogP contribution in [0.4, 0.5) is 5.69 Å². The second-order valence-electron chi connectivity index (χ2n) is 7.38. The molecule has 0 atom stereocenters. The van der Waals surface area contributed by atoms with Crippen LogP contribution in [0.1, 0.15) is 22.8 Å². The Kier molecular flexibility index (Phi) is 6.13. The van der Waals surface area contributed by atoms with Crippen molar-refractivity contribution >= 4 is 38.9 Å². The highest BCUT2D eigenvalue weighted by atomic mass is 32.1. The normalized spacial score (nSPS) is 10.9. The number of fused-ring (bicyclic) bond motifs is 1. The van der Waals surface area contributed by atoms with Gasteiger partial charge in [0.1, 0.15) is 11.2 Å². The number of Topliss-reactive ketones (excluding diaryl/α,β-unsaturated/α-hetero) is 1. The maximum absolute atomic E-state index is 13.2. The van der Waals surface area contributed by atoms with Crippen LogP contribution in [0, 0.1) is 0 Å². The van der Waals surface area contributed by atoms with Gasteiger partial charge < -0.3 is 5.32 Å². The van der Waals surface area contributed by atoms with E-state index in [9.17, 15) is 19.2 Å². The van der Waals surface area contributed by atoms with Crippen LogP contribution in [0.5, 0.6) is 0 Å². The molecule has 1 N–H and O–H groups in total. The summed E-state index contributed by atoms with van der Waals surface area (Å²) in [4.78, 5) is 50.3. The van der Waals surface area contributed by atoms with E-state index in [0.29, 0.717) is 27.9 Å². The van der Waals surface area contributed by atoms with Crippen molar-refractivity contribution < 1.29 is 9.59 Å². The van der Waals surface area contributed by atoms with E-state index in [2.05, 4.69) is 5.32 Å². The zero-order valence-corrected chi connectivity index (χ0v) is 18.2. The topological polar surface area (TPSA) is 90.2 Å². The minimum absolute atomic E-state index is 0.109. The number of rotatable bonds is 7. The Hall–Kier alpha value is -3.78. The zero-order chi connectivity index (χ0) is 22.7. The monoisotopic (exact) mass is 447 g/mol. The molecule has 2 heterocycles. The van der Waals surface area contributed by atoms with E-state index in [4.69, 9.17) is 0 Å². The number of hydrogen-bond donors (Lipinski definition) is 1. The molecule has 2 aromatic carbocycles. The second kappa shape index (κ2) is 9.15. The van der Waals surface area contributed by atoms with Gasteiger partial charge in [-0.1, -0.05) is 42.5 Å². The number of carbonyl (C=O) groups excluding carboxylic acids is 2. The number of nitrogens with zero attached hydrogens (tertiary/aromatic N) is 2. The number of aromatic nitrogens is 2. The molecule has 4 aromatic rings. The molecule has 162 valence electrons. The zero-order valence-electron chi connectivity index (χ0n) is 17.4. The van der Waals surface area contributed by atoms with Crippen molar-refractivity contribution in [2.75, 3.05) is 5.32 Å². The molecule has 0 unspecified atom stereocenters. The van der Waals surface area contributed by atoms with Crippen LogP contribution in [0.3, 0.4) is 0 Å². The Balaban J connectivity index is 1.63. The first-order valence-corrected chi connectivity index (χ1v) is 11.0.